The molecule has 0 spiro atoms. The van der Waals surface area contributed by atoms with Crippen molar-refractivity contribution in [2.45, 2.75) is 51.7 Å². The quantitative estimate of drug-likeness (QED) is 0.479. The number of aliphatic hydroxyl groups is 1. The Morgan fingerprint density at radius 1 is 1.41 bits per heavy atom. The molecule has 0 radical (unpaired) electrons. The summed E-state index contributed by atoms with van der Waals surface area (Å²) in [5, 5.41) is 17.9. The predicted octanol–water partition coefficient (Wildman–Crippen LogP) is 1.13. The second-order valence-corrected chi connectivity index (χ2v) is 5.74. The van der Waals surface area contributed by atoms with Crippen LogP contribution in [0.4, 0.5) is 0 Å². The molecule has 17 heavy (non-hydrogen) atoms. The van der Waals surface area contributed by atoms with E-state index in [9.17, 15) is 5.11 Å². The fourth-order valence-corrected chi connectivity index (χ4v) is 1.28. The average molecular weight is 238 g/mol. The minimum atomic E-state index is -0.936. The molecule has 0 amide bonds. The molecule has 5 heteroatoms. The number of rotatable bonds is 6. The van der Waals surface area contributed by atoms with Crippen molar-refractivity contribution >= 4 is 13.2 Å². The summed E-state index contributed by atoms with van der Waals surface area (Å²) in [5.41, 5.74) is 5.23. The molecule has 0 atom stereocenters. The molecule has 1 rings (SSSR count). The molecule has 0 aromatic carbocycles. The van der Waals surface area contributed by atoms with E-state index in [-0.39, 0.29) is 7.48 Å². The van der Waals surface area contributed by atoms with Crippen LogP contribution in [0.15, 0.2) is 11.7 Å². The zero-order chi connectivity index (χ0) is 13.3. The minimum Gasteiger partial charge on any atom is -0.427 e. The molecular formula is C12H23BN2O2. The topological polar surface area (TPSA) is 79.3 Å². The number of nitrogens with two attached hydrogens (primary N) is 1. The largest absolute Gasteiger partial charge is 0.427 e. The van der Waals surface area contributed by atoms with Crippen molar-refractivity contribution in [1.82, 2.24) is 0 Å². The molecule has 1 aliphatic rings. The van der Waals surface area contributed by atoms with Gasteiger partial charge in [0.1, 0.15) is 0 Å². The van der Waals surface area contributed by atoms with Crippen molar-refractivity contribution in [3.05, 3.63) is 11.7 Å². The van der Waals surface area contributed by atoms with Crippen molar-refractivity contribution in [3.8, 4) is 0 Å². The van der Waals surface area contributed by atoms with Crippen LogP contribution in [0.25, 0.3) is 0 Å². The first-order chi connectivity index (χ1) is 7.69. The van der Waals surface area contributed by atoms with Gasteiger partial charge >= 0.3 is 7.48 Å². The Hall–Kier alpha value is -0.805. The van der Waals surface area contributed by atoms with Crippen molar-refractivity contribution < 1.29 is 9.76 Å². The van der Waals surface area contributed by atoms with Gasteiger partial charge in [0.2, 0.25) is 0 Å². The van der Waals surface area contributed by atoms with Crippen LogP contribution >= 0.6 is 0 Å². The second-order valence-electron chi connectivity index (χ2n) is 5.74. The molecule has 0 aliphatic heterocycles. The lowest BCUT2D eigenvalue weighted by Gasteiger charge is -2.37. The van der Waals surface area contributed by atoms with E-state index in [4.69, 9.17) is 15.8 Å². The van der Waals surface area contributed by atoms with E-state index < -0.39 is 11.2 Å². The first-order valence-electron chi connectivity index (χ1n) is 6.05. The van der Waals surface area contributed by atoms with Gasteiger partial charge in [-0.15, -0.1) is 0 Å². The van der Waals surface area contributed by atoms with Crippen LogP contribution in [0.1, 0.15) is 40.5 Å². The molecule has 96 valence electrons. The van der Waals surface area contributed by atoms with Gasteiger partial charge in [0.25, 0.3) is 0 Å². The second kappa shape index (κ2) is 4.82. The van der Waals surface area contributed by atoms with Crippen molar-refractivity contribution in [1.29, 1.82) is 5.41 Å². The van der Waals surface area contributed by atoms with Gasteiger partial charge in [-0.1, -0.05) is 0 Å². The zero-order valence-corrected chi connectivity index (χ0v) is 11.2. The summed E-state index contributed by atoms with van der Waals surface area (Å²) in [6.07, 6.45) is 3.59. The van der Waals surface area contributed by atoms with E-state index in [0.717, 1.165) is 18.3 Å². The third-order valence-electron chi connectivity index (χ3n) is 3.59. The highest BCUT2D eigenvalue weighted by molar-refractivity contribution is 6.49. The Kier molecular flexibility index (Phi) is 4.04. The molecule has 4 N–H and O–H groups in total. The summed E-state index contributed by atoms with van der Waals surface area (Å²) < 4.78 is 5.71. The molecule has 0 unspecified atom stereocenters. The third kappa shape index (κ3) is 3.58. The Morgan fingerprint density at radius 3 is 2.29 bits per heavy atom. The van der Waals surface area contributed by atoms with Gasteiger partial charge < -0.3 is 20.9 Å². The van der Waals surface area contributed by atoms with E-state index in [0.29, 0.717) is 11.6 Å². The van der Waals surface area contributed by atoms with Gasteiger partial charge in [-0.2, -0.15) is 0 Å². The smallest absolute Gasteiger partial charge is 0.312 e. The van der Waals surface area contributed by atoms with Crippen molar-refractivity contribution in [3.63, 3.8) is 0 Å². The van der Waals surface area contributed by atoms with Crippen LogP contribution in [0, 0.1) is 11.3 Å². The maximum Gasteiger partial charge on any atom is 0.312 e. The van der Waals surface area contributed by atoms with Gasteiger partial charge in [0.15, 0.2) is 0 Å². The van der Waals surface area contributed by atoms with Crippen LogP contribution in [0.2, 0.25) is 0 Å². The third-order valence-corrected chi connectivity index (χ3v) is 3.59. The fraction of sp³-hybridized carbons (Fsp3) is 0.750. The lowest BCUT2D eigenvalue weighted by Crippen LogP contribution is -2.48. The van der Waals surface area contributed by atoms with E-state index in [2.05, 4.69) is 0 Å². The maximum atomic E-state index is 9.96. The number of nitrogens with one attached hydrogen (secondary N) is 1. The molecule has 0 aromatic heterocycles. The summed E-state index contributed by atoms with van der Waals surface area (Å²) in [6.45, 7) is 7.10. The van der Waals surface area contributed by atoms with E-state index in [1.807, 2.05) is 13.8 Å². The lowest BCUT2D eigenvalue weighted by molar-refractivity contribution is -0.0895. The summed E-state index contributed by atoms with van der Waals surface area (Å²) in [5.74, 6) is 0.360. The number of hydrogen-bond acceptors (Lipinski definition) is 4. The molecule has 0 bridgehead atoms. The lowest BCUT2D eigenvalue weighted by atomic mass is 9.79. The van der Waals surface area contributed by atoms with Gasteiger partial charge in [-0.3, -0.25) is 0 Å². The normalized spacial score (nSPS) is 18.1. The molecule has 0 saturated heterocycles. The zero-order valence-electron chi connectivity index (χ0n) is 11.2. The van der Waals surface area contributed by atoms with Crippen LogP contribution in [0.3, 0.4) is 0 Å². The van der Waals surface area contributed by atoms with Gasteiger partial charge in [-0.05, 0) is 52.2 Å². The van der Waals surface area contributed by atoms with Gasteiger partial charge in [0.05, 0.1) is 11.2 Å². The first-order valence-corrected chi connectivity index (χ1v) is 6.05. The summed E-state index contributed by atoms with van der Waals surface area (Å²) in [7, 11) is 0.281. The van der Waals surface area contributed by atoms with E-state index in [1.165, 1.54) is 6.20 Å². The first kappa shape index (κ1) is 14.3. The van der Waals surface area contributed by atoms with Crippen LogP contribution in [0.5, 0.6) is 0 Å². The summed E-state index contributed by atoms with van der Waals surface area (Å²) in [4.78, 5) is 0. The van der Waals surface area contributed by atoms with E-state index in [1.54, 1.807) is 13.8 Å². The van der Waals surface area contributed by atoms with Crippen molar-refractivity contribution in [2.24, 2.45) is 11.7 Å². The predicted molar refractivity (Wildman–Crippen MR) is 71.3 cm³/mol. The maximum absolute atomic E-state index is 9.96. The van der Waals surface area contributed by atoms with Crippen molar-refractivity contribution in [2.75, 3.05) is 0 Å². The fourth-order valence-electron chi connectivity index (χ4n) is 1.28. The average Bonchev–Trinajstić information content (AvgIpc) is 2.99. The minimum absolute atomic E-state index is 0.281. The van der Waals surface area contributed by atoms with Gasteiger partial charge in [0, 0.05) is 11.6 Å². The van der Waals surface area contributed by atoms with Crippen LogP contribution in [-0.4, -0.2) is 29.5 Å². The monoisotopic (exact) mass is 238 g/mol. The molecule has 0 heterocycles. The molecular weight excluding hydrogens is 215 g/mol. The van der Waals surface area contributed by atoms with E-state index >= 15 is 0 Å². The highest BCUT2D eigenvalue weighted by Gasteiger charge is 2.37. The Bertz CT molecular complexity index is 328. The molecule has 0 aromatic rings. The molecule has 1 fully saturated rings. The van der Waals surface area contributed by atoms with Gasteiger partial charge in [-0.25, -0.2) is 0 Å². The highest BCUT2D eigenvalue weighted by atomic mass is 16.5. The summed E-state index contributed by atoms with van der Waals surface area (Å²) in [6, 6.07) is 0. The Labute approximate surface area is 104 Å². The molecule has 1 saturated carbocycles. The summed E-state index contributed by atoms with van der Waals surface area (Å²) >= 11 is 0. The highest BCUT2D eigenvalue weighted by Crippen LogP contribution is 2.33. The SMILES string of the molecule is CC(C)(O)C(C)(C)OB/C(=C/N)C(=N)C1CC1. The molecule has 4 nitrogen and oxygen atoms in total. The number of hydrogen-bond donors (Lipinski definition) is 3. The number of allylic oxidation sites excluding steroid dienone is 1. The standard InChI is InChI=1S/C12H23BN2O2/c1-11(2,16)12(3,4)17-13-9(7-14)10(15)8-5-6-8/h7-8,13,15-16H,5-6,14H2,1-4H3/b9-7+,15-10?. The van der Waals surface area contributed by atoms with Crippen LogP contribution in [-0.2, 0) is 4.65 Å². The van der Waals surface area contributed by atoms with Crippen LogP contribution < -0.4 is 5.73 Å². The molecule has 1 aliphatic carbocycles. The Balaban J connectivity index is 2.56. The Morgan fingerprint density at radius 2 is 1.94 bits per heavy atom.